The molecular formula is C44H37ClN2O5S. The largest absolute Gasteiger partial charge is 0.493 e. The summed E-state index contributed by atoms with van der Waals surface area (Å²) < 4.78 is 39.3. The maximum atomic E-state index is 14.0. The number of carboxylic acid groups (broad SMARTS) is 1. The van der Waals surface area contributed by atoms with E-state index in [1.807, 2.05) is 97.1 Å². The van der Waals surface area contributed by atoms with E-state index in [4.69, 9.17) is 16.3 Å². The Morgan fingerprint density at radius 1 is 0.736 bits per heavy atom. The maximum absolute atomic E-state index is 14.0. The van der Waals surface area contributed by atoms with Crippen molar-refractivity contribution < 1.29 is 23.1 Å². The van der Waals surface area contributed by atoms with Crippen LogP contribution in [0.4, 0.5) is 0 Å². The Kier molecular flexibility index (Phi) is 10.7. The van der Waals surface area contributed by atoms with Gasteiger partial charge >= 0.3 is 5.97 Å². The Morgan fingerprint density at radius 2 is 1.34 bits per heavy atom. The SMILES string of the molecule is O=C(O)c1ccc(OCCc2c(CCNS(=O)(=O)c3ccccc3-c3ccccc3)n(C(c3ccccc3)c3ccccc3)c3ccc(Cl)cc23)cc1. The molecule has 0 fully saturated rings. The summed E-state index contributed by atoms with van der Waals surface area (Å²) >= 11 is 6.65. The molecule has 0 atom stereocenters. The summed E-state index contributed by atoms with van der Waals surface area (Å²) in [7, 11) is -3.91. The number of halogens is 1. The zero-order chi connectivity index (χ0) is 36.8. The van der Waals surface area contributed by atoms with Crippen LogP contribution in [-0.2, 0) is 22.9 Å². The van der Waals surface area contributed by atoms with Gasteiger partial charge in [0.25, 0.3) is 0 Å². The van der Waals surface area contributed by atoms with Crippen LogP contribution in [0.15, 0.2) is 163 Å². The van der Waals surface area contributed by atoms with Crippen molar-refractivity contribution in [2.24, 2.45) is 0 Å². The lowest BCUT2D eigenvalue weighted by Gasteiger charge is -2.25. The predicted molar refractivity (Wildman–Crippen MR) is 210 cm³/mol. The number of nitrogens with one attached hydrogen (secondary N) is 1. The fraction of sp³-hybridized carbons (Fsp3) is 0.114. The molecule has 53 heavy (non-hydrogen) atoms. The molecule has 1 heterocycles. The molecule has 7 nitrogen and oxygen atoms in total. The van der Waals surface area contributed by atoms with E-state index in [0.717, 1.165) is 38.9 Å². The van der Waals surface area contributed by atoms with Crippen LogP contribution in [0.3, 0.4) is 0 Å². The molecule has 266 valence electrons. The highest BCUT2D eigenvalue weighted by Gasteiger charge is 2.26. The average Bonchev–Trinajstić information content (AvgIpc) is 3.47. The molecule has 2 N–H and O–H groups in total. The smallest absolute Gasteiger partial charge is 0.335 e. The summed E-state index contributed by atoms with van der Waals surface area (Å²) in [6.45, 7) is 0.429. The van der Waals surface area contributed by atoms with Crippen LogP contribution in [0.1, 0.15) is 38.8 Å². The van der Waals surface area contributed by atoms with Crippen LogP contribution in [0, 0.1) is 0 Å². The zero-order valence-electron chi connectivity index (χ0n) is 28.7. The standard InChI is InChI=1S/C44H37ClN2O5S/c45-35-22-25-40-39(30-35)38(27-29-52-36-23-20-34(21-24-36)44(48)49)41(47(40)43(32-14-6-2-7-15-32)33-16-8-3-9-17-33)26-28-46-53(50,51)42-19-11-10-18-37(42)31-12-4-1-5-13-31/h1-25,30,43,46H,26-29H2,(H,48,49). The van der Waals surface area contributed by atoms with Crippen LogP contribution >= 0.6 is 11.6 Å². The van der Waals surface area contributed by atoms with Crippen molar-refractivity contribution in [3.63, 3.8) is 0 Å². The molecule has 0 aliphatic carbocycles. The van der Waals surface area contributed by atoms with Crippen LogP contribution in [-0.4, -0.2) is 37.2 Å². The van der Waals surface area contributed by atoms with E-state index in [2.05, 4.69) is 33.6 Å². The second kappa shape index (κ2) is 15.9. The van der Waals surface area contributed by atoms with Gasteiger partial charge in [-0.15, -0.1) is 0 Å². The second-order valence-electron chi connectivity index (χ2n) is 12.6. The molecule has 0 saturated heterocycles. The minimum atomic E-state index is -3.91. The van der Waals surface area contributed by atoms with Crippen molar-refractivity contribution in [2.75, 3.05) is 13.2 Å². The number of aromatic nitrogens is 1. The summed E-state index contributed by atoms with van der Waals surface area (Å²) in [6.07, 6.45) is 0.859. The summed E-state index contributed by atoms with van der Waals surface area (Å²) in [6, 6.07) is 49.0. The van der Waals surface area contributed by atoms with Crippen LogP contribution < -0.4 is 9.46 Å². The van der Waals surface area contributed by atoms with Crippen molar-refractivity contribution in [1.29, 1.82) is 0 Å². The van der Waals surface area contributed by atoms with Crippen LogP contribution in [0.2, 0.25) is 5.02 Å². The molecule has 0 saturated carbocycles. The first-order chi connectivity index (χ1) is 25.8. The van der Waals surface area contributed by atoms with E-state index < -0.39 is 16.0 Å². The van der Waals surface area contributed by atoms with E-state index in [1.54, 1.807) is 24.3 Å². The Bertz CT molecular complexity index is 2410. The molecule has 1 aromatic heterocycles. The molecule has 9 heteroatoms. The number of fused-ring (bicyclic) bond motifs is 1. The Hall–Kier alpha value is -5.67. The lowest BCUT2D eigenvalue weighted by Crippen LogP contribution is -2.28. The molecule has 0 unspecified atom stereocenters. The maximum Gasteiger partial charge on any atom is 0.335 e. The number of rotatable bonds is 14. The van der Waals surface area contributed by atoms with E-state index in [1.165, 1.54) is 12.1 Å². The minimum Gasteiger partial charge on any atom is -0.493 e. The molecular weight excluding hydrogens is 704 g/mol. The normalized spacial score (nSPS) is 11.6. The molecule has 0 aliphatic heterocycles. The van der Waals surface area contributed by atoms with Gasteiger partial charge in [-0.3, -0.25) is 0 Å². The van der Waals surface area contributed by atoms with Gasteiger partial charge in [-0.25, -0.2) is 17.9 Å². The molecule has 0 bridgehead atoms. The number of carboxylic acids is 1. The first-order valence-electron chi connectivity index (χ1n) is 17.3. The third kappa shape index (κ3) is 7.90. The average molecular weight is 741 g/mol. The minimum absolute atomic E-state index is 0.135. The molecule has 7 aromatic rings. The van der Waals surface area contributed by atoms with Gasteiger partial charge in [0.1, 0.15) is 5.75 Å². The lowest BCUT2D eigenvalue weighted by molar-refractivity contribution is 0.0697. The molecule has 7 rings (SSSR count). The van der Waals surface area contributed by atoms with E-state index >= 15 is 0 Å². The molecule has 0 radical (unpaired) electrons. The Balaban J connectivity index is 1.29. The van der Waals surface area contributed by atoms with Gasteiger partial charge in [0, 0.05) is 46.6 Å². The fourth-order valence-corrected chi connectivity index (χ4v) is 8.35. The topological polar surface area (TPSA) is 97.6 Å². The summed E-state index contributed by atoms with van der Waals surface area (Å²) in [5, 5.41) is 10.9. The molecule has 0 spiro atoms. The van der Waals surface area contributed by atoms with Gasteiger partial charge < -0.3 is 14.4 Å². The number of aromatic carboxylic acids is 1. The highest BCUT2D eigenvalue weighted by atomic mass is 35.5. The first-order valence-corrected chi connectivity index (χ1v) is 19.2. The first kappa shape index (κ1) is 35.7. The van der Waals surface area contributed by atoms with Crippen molar-refractivity contribution >= 4 is 38.5 Å². The number of sulfonamides is 1. The van der Waals surface area contributed by atoms with Gasteiger partial charge in [-0.2, -0.15) is 0 Å². The summed E-state index contributed by atoms with van der Waals surface area (Å²) in [4.78, 5) is 11.6. The van der Waals surface area contributed by atoms with Gasteiger partial charge in [-0.05, 0) is 70.8 Å². The van der Waals surface area contributed by atoms with E-state index in [9.17, 15) is 18.3 Å². The number of hydrogen-bond donors (Lipinski definition) is 2. The predicted octanol–water partition coefficient (Wildman–Crippen LogP) is 9.44. The molecule has 0 amide bonds. The van der Waals surface area contributed by atoms with Gasteiger partial charge in [0.05, 0.1) is 23.1 Å². The highest BCUT2D eigenvalue weighted by Crippen LogP contribution is 2.38. The Labute approximate surface area is 314 Å². The highest BCUT2D eigenvalue weighted by molar-refractivity contribution is 7.89. The third-order valence-electron chi connectivity index (χ3n) is 9.31. The third-order valence-corrected chi connectivity index (χ3v) is 11.1. The Morgan fingerprint density at radius 3 is 1.98 bits per heavy atom. The van der Waals surface area contributed by atoms with Crippen molar-refractivity contribution in [1.82, 2.24) is 9.29 Å². The molecule has 0 aliphatic rings. The lowest BCUT2D eigenvalue weighted by atomic mass is 9.97. The van der Waals surface area contributed by atoms with Crippen LogP contribution in [0.5, 0.6) is 5.75 Å². The number of ether oxygens (including phenoxy) is 1. The van der Waals surface area contributed by atoms with Crippen molar-refractivity contribution in [2.45, 2.75) is 23.8 Å². The molecule has 6 aromatic carbocycles. The van der Waals surface area contributed by atoms with Gasteiger partial charge in [0.15, 0.2) is 0 Å². The summed E-state index contributed by atoms with van der Waals surface area (Å²) in [5.74, 6) is -0.453. The van der Waals surface area contributed by atoms with Gasteiger partial charge in [-0.1, -0.05) is 121 Å². The van der Waals surface area contributed by atoms with Crippen molar-refractivity contribution in [3.05, 3.63) is 191 Å². The van der Waals surface area contributed by atoms with Crippen LogP contribution in [0.25, 0.3) is 22.0 Å². The zero-order valence-corrected chi connectivity index (χ0v) is 30.3. The summed E-state index contributed by atoms with van der Waals surface area (Å²) in [5.41, 5.74) is 6.68. The number of hydrogen-bond acceptors (Lipinski definition) is 4. The fourth-order valence-electron chi connectivity index (χ4n) is 6.92. The number of benzene rings is 6. The van der Waals surface area contributed by atoms with Crippen molar-refractivity contribution in [3.8, 4) is 16.9 Å². The van der Waals surface area contributed by atoms with Gasteiger partial charge in [0.2, 0.25) is 10.0 Å². The monoisotopic (exact) mass is 740 g/mol. The second-order valence-corrected chi connectivity index (χ2v) is 14.8. The number of nitrogens with zero attached hydrogens (tertiary/aromatic N) is 1. The van der Waals surface area contributed by atoms with E-state index in [-0.39, 0.29) is 23.0 Å². The number of carbonyl (C=O) groups is 1. The van der Waals surface area contributed by atoms with E-state index in [0.29, 0.717) is 35.8 Å². The quantitative estimate of drug-likeness (QED) is 0.116.